The summed E-state index contributed by atoms with van der Waals surface area (Å²) < 4.78 is 32.3. The van der Waals surface area contributed by atoms with E-state index in [2.05, 4.69) is 5.32 Å². The molecule has 110 valence electrons. The van der Waals surface area contributed by atoms with Gasteiger partial charge >= 0.3 is 0 Å². The Hall–Kier alpha value is -2.43. The maximum Gasteiger partial charge on any atom is 0.265 e. The van der Waals surface area contributed by atoms with E-state index >= 15 is 0 Å². The molecule has 0 saturated heterocycles. The van der Waals surface area contributed by atoms with Crippen LogP contribution in [0.5, 0.6) is 5.75 Å². The van der Waals surface area contributed by atoms with Crippen LogP contribution in [0.4, 0.5) is 14.5 Å². The lowest BCUT2D eigenvalue weighted by molar-refractivity contribution is -0.122. The fourth-order valence-corrected chi connectivity index (χ4v) is 1.72. The van der Waals surface area contributed by atoms with Gasteiger partial charge in [0, 0.05) is 0 Å². The van der Waals surface area contributed by atoms with Gasteiger partial charge in [0.05, 0.1) is 0 Å². The molecule has 0 fully saturated rings. The van der Waals surface area contributed by atoms with E-state index in [1.165, 1.54) is 13.0 Å². The number of aryl methyl sites for hydroxylation is 1. The van der Waals surface area contributed by atoms with Crippen LogP contribution in [0.2, 0.25) is 0 Å². The Bertz CT molecular complexity index is 621. The minimum atomic E-state index is -0.883. The van der Waals surface area contributed by atoms with Crippen LogP contribution in [0, 0.1) is 18.6 Å². The first-order chi connectivity index (χ1) is 9.97. The van der Waals surface area contributed by atoms with Crippen LogP contribution in [0.1, 0.15) is 12.5 Å². The van der Waals surface area contributed by atoms with Gasteiger partial charge in [-0.05, 0) is 38.1 Å². The Kier molecular flexibility index (Phi) is 4.52. The van der Waals surface area contributed by atoms with Crippen LogP contribution < -0.4 is 10.1 Å². The number of carbonyl (C=O) groups excluding carboxylic acids is 1. The third-order valence-electron chi connectivity index (χ3n) is 2.91. The predicted octanol–water partition coefficient (Wildman–Crippen LogP) is 3.68. The average molecular weight is 291 g/mol. The number of halogens is 2. The quantitative estimate of drug-likeness (QED) is 0.933. The molecule has 2 aromatic carbocycles. The van der Waals surface area contributed by atoms with Crippen LogP contribution >= 0.6 is 0 Å². The molecule has 5 heteroatoms. The molecule has 0 radical (unpaired) electrons. The second kappa shape index (κ2) is 6.35. The summed E-state index contributed by atoms with van der Waals surface area (Å²) >= 11 is 0. The number of para-hydroxylation sites is 1. The van der Waals surface area contributed by atoms with Gasteiger partial charge in [0.2, 0.25) is 0 Å². The first-order valence-corrected chi connectivity index (χ1v) is 6.45. The van der Waals surface area contributed by atoms with Crippen molar-refractivity contribution in [2.24, 2.45) is 0 Å². The molecular weight excluding hydrogens is 276 g/mol. The summed E-state index contributed by atoms with van der Waals surface area (Å²) in [5.41, 5.74) is 0.592. The SMILES string of the molecule is Cc1ccc(O[C@@H](C)C(=O)Nc2c(F)cccc2F)cc1. The highest BCUT2D eigenvalue weighted by Crippen LogP contribution is 2.19. The first kappa shape index (κ1) is 15.0. The fourth-order valence-electron chi connectivity index (χ4n) is 1.72. The maximum absolute atomic E-state index is 13.4. The van der Waals surface area contributed by atoms with Gasteiger partial charge in [-0.1, -0.05) is 23.8 Å². The van der Waals surface area contributed by atoms with Crippen molar-refractivity contribution in [2.45, 2.75) is 20.0 Å². The summed E-state index contributed by atoms with van der Waals surface area (Å²) in [6, 6.07) is 10.5. The Morgan fingerprint density at radius 1 is 1.10 bits per heavy atom. The predicted molar refractivity (Wildman–Crippen MR) is 76.3 cm³/mol. The Labute approximate surface area is 121 Å². The number of hydrogen-bond donors (Lipinski definition) is 1. The summed E-state index contributed by atoms with van der Waals surface area (Å²) in [7, 11) is 0. The van der Waals surface area contributed by atoms with E-state index < -0.39 is 29.3 Å². The van der Waals surface area contributed by atoms with Crippen molar-refractivity contribution in [3.63, 3.8) is 0 Å². The van der Waals surface area contributed by atoms with E-state index in [9.17, 15) is 13.6 Å². The number of benzene rings is 2. The maximum atomic E-state index is 13.4. The van der Waals surface area contributed by atoms with E-state index in [1.807, 2.05) is 19.1 Å². The second-order valence-corrected chi connectivity index (χ2v) is 4.66. The Morgan fingerprint density at radius 3 is 2.24 bits per heavy atom. The molecule has 0 saturated carbocycles. The molecule has 0 aliphatic heterocycles. The van der Waals surface area contributed by atoms with Gasteiger partial charge in [-0.25, -0.2) is 8.78 Å². The first-order valence-electron chi connectivity index (χ1n) is 6.45. The highest BCUT2D eigenvalue weighted by molar-refractivity contribution is 5.94. The smallest absolute Gasteiger partial charge is 0.265 e. The molecule has 0 bridgehead atoms. The van der Waals surface area contributed by atoms with Crippen LogP contribution in [-0.2, 0) is 4.79 Å². The van der Waals surface area contributed by atoms with Crippen LogP contribution in [0.15, 0.2) is 42.5 Å². The molecule has 3 nitrogen and oxygen atoms in total. The van der Waals surface area contributed by atoms with Gasteiger partial charge < -0.3 is 10.1 Å². The third kappa shape index (κ3) is 3.78. The number of rotatable bonds is 4. The lowest BCUT2D eigenvalue weighted by Gasteiger charge is -2.15. The molecule has 2 aromatic rings. The zero-order chi connectivity index (χ0) is 15.4. The van der Waals surface area contributed by atoms with Crippen molar-refractivity contribution in [1.29, 1.82) is 0 Å². The molecule has 0 spiro atoms. The summed E-state index contributed by atoms with van der Waals surface area (Å²) in [6.07, 6.45) is -0.883. The third-order valence-corrected chi connectivity index (χ3v) is 2.91. The molecule has 0 heterocycles. The number of carbonyl (C=O) groups is 1. The highest BCUT2D eigenvalue weighted by Gasteiger charge is 2.18. The molecular formula is C16H15F2NO2. The summed E-state index contributed by atoms with van der Waals surface area (Å²) in [4.78, 5) is 11.9. The van der Waals surface area contributed by atoms with Gasteiger partial charge in [0.15, 0.2) is 6.10 Å². The molecule has 0 aromatic heterocycles. The standard InChI is InChI=1S/C16H15F2NO2/c1-10-6-8-12(9-7-10)21-11(2)16(20)19-15-13(17)4-3-5-14(15)18/h3-9,11H,1-2H3,(H,19,20)/t11-/m0/s1. The number of anilines is 1. The number of nitrogens with one attached hydrogen (secondary N) is 1. The van der Waals surface area contributed by atoms with Crippen LogP contribution in [0.25, 0.3) is 0 Å². The normalized spacial score (nSPS) is 11.8. The highest BCUT2D eigenvalue weighted by atomic mass is 19.1. The molecule has 0 aliphatic rings. The van der Waals surface area contributed by atoms with Crippen molar-refractivity contribution in [3.8, 4) is 5.75 Å². The number of hydrogen-bond acceptors (Lipinski definition) is 2. The van der Waals surface area contributed by atoms with Gasteiger partial charge in [0.1, 0.15) is 23.1 Å². The van der Waals surface area contributed by atoms with Crippen LogP contribution in [0.3, 0.4) is 0 Å². The number of amides is 1. The molecule has 21 heavy (non-hydrogen) atoms. The average Bonchev–Trinajstić information content (AvgIpc) is 2.45. The van der Waals surface area contributed by atoms with Crippen molar-refractivity contribution >= 4 is 11.6 Å². The van der Waals surface area contributed by atoms with Crippen LogP contribution in [-0.4, -0.2) is 12.0 Å². The van der Waals surface area contributed by atoms with Gasteiger partial charge in [0.25, 0.3) is 5.91 Å². The Balaban J connectivity index is 2.04. The minimum absolute atomic E-state index is 0.471. The van der Waals surface area contributed by atoms with Gasteiger partial charge in [-0.15, -0.1) is 0 Å². The molecule has 1 N–H and O–H groups in total. The number of ether oxygens (including phenoxy) is 1. The molecule has 0 aliphatic carbocycles. The largest absolute Gasteiger partial charge is 0.481 e. The fraction of sp³-hybridized carbons (Fsp3) is 0.188. The molecule has 1 amide bonds. The molecule has 2 rings (SSSR count). The zero-order valence-corrected chi connectivity index (χ0v) is 11.7. The lowest BCUT2D eigenvalue weighted by Crippen LogP contribution is -2.30. The molecule has 1 atom stereocenters. The lowest BCUT2D eigenvalue weighted by atomic mass is 10.2. The van der Waals surface area contributed by atoms with Crippen molar-refractivity contribution in [1.82, 2.24) is 0 Å². The van der Waals surface area contributed by atoms with E-state index in [1.54, 1.807) is 12.1 Å². The minimum Gasteiger partial charge on any atom is -0.481 e. The Morgan fingerprint density at radius 2 is 1.67 bits per heavy atom. The van der Waals surface area contributed by atoms with E-state index in [0.29, 0.717) is 5.75 Å². The second-order valence-electron chi connectivity index (χ2n) is 4.66. The van der Waals surface area contributed by atoms with Crippen molar-refractivity contribution < 1.29 is 18.3 Å². The van der Waals surface area contributed by atoms with Gasteiger partial charge in [-0.2, -0.15) is 0 Å². The summed E-state index contributed by atoms with van der Waals surface area (Å²) in [5.74, 6) is -1.77. The summed E-state index contributed by atoms with van der Waals surface area (Å²) in [5, 5.41) is 2.20. The van der Waals surface area contributed by atoms with Crippen molar-refractivity contribution in [3.05, 3.63) is 59.7 Å². The summed E-state index contributed by atoms with van der Waals surface area (Å²) in [6.45, 7) is 3.44. The van der Waals surface area contributed by atoms with E-state index in [4.69, 9.17) is 4.74 Å². The molecule has 0 unspecified atom stereocenters. The van der Waals surface area contributed by atoms with E-state index in [0.717, 1.165) is 17.7 Å². The zero-order valence-electron chi connectivity index (χ0n) is 11.7. The van der Waals surface area contributed by atoms with E-state index in [-0.39, 0.29) is 0 Å². The van der Waals surface area contributed by atoms with Gasteiger partial charge in [-0.3, -0.25) is 4.79 Å². The topological polar surface area (TPSA) is 38.3 Å². The monoisotopic (exact) mass is 291 g/mol. The van der Waals surface area contributed by atoms with Crippen molar-refractivity contribution in [2.75, 3.05) is 5.32 Å².